The second-order valence-electron chi connectivity index (χ2n) is 8.15. The first-order valence-electron chi connectivity index (χ1n) is 10.3. The molecule has 1 N–H and O–H groups in total. The van der Waals surface area contributed by atoms with Crippen molar-refractivity contribution in [2.75, 3.05) is 57.8 Å². The highest BCUT2D eigenvalue weighted by molar-refractivity contribution is 5.52. The first kappa shape index (κ1) is 19.8. The van der Waals surface area contributed by atoms with Crippen LogP contribution in [0.15, 0.2) is 40.1 Å². The molecule has 8 heteroatoms. The molecule has 29 heavy (non-hydrogen) atoms. The van der Waals surface area contributed by atoms with E-state index in [1.54, 1.807) is 12.1 Å². The van der Waals surface area contributed by atoms with Gasteiger partial charge in [-0.05, 0) is 37.9 Å². The Balaban J connectivity index is 1.38. The van der Waals surface area contributed by atoms with Gasteiger partial charge in [-0.25, -0.2) is 9.18 Å². The lowest BCUT2D eigenvalue weighted by atomic mass is 9.95. The van der Waals surface area contributed by atoms with E-state index in [9.17, 15) is 14.0 Å². The van der Waals surface area contributed by atoms with Gasteiger partial charge in [0.05, 0.1) is 11.4 Å². The molecule has 0 bridgehead atoms. The molecule has 0 radical (unpaired) electrons. The fraction of sp³-hybridized carbons (Fsp3) is 0.524. The number of piperidine rings is 1. The summed E-state index contributed by atoms with van der Waals surface area (Å²) >= 11 is 0. The average Bonchev–Trinajstić information content (AvgIpc) is 2.70. The zero-order valence-electron chi connectivity index (χ0n) is 16.8. The Hall–Kier alpha value is -2.45. The van der Waals surface area contributed by atoms with Crippen LogP contribution < -0.4 is 16.1 Å². The van der Waals surface area contributed by atoms with Gasteiger partial charge in [-0.1, -0.05) is 0 Å². The van der Waals surface area contributed by atoms with Crippen LogP contribution in [0.2, 0.25) is 0 Å². The van der Waals surface area contributed by atoms with E-state index in [0.29, 0.717) is 17.3 Å². The number of piperazine rings is 1. The second-order valence-corrected chi connectivity index (χ2v) is 8.15. The minimum Gasteiger partial charge on any atom is -0.369 e. The molecule has 0 atom stereocenters. The number of aromatic nitrogens is 2. The number of hydrogen-bond acceptors (Lipinski definition) is 5. The number of nitrogens with one attached hydrogen (secondary N) is 1. The standard InChI is InChI=1S/C21H28FN5O2/c1-24-10-12-25(13-11-24)15-16-4-7-26(8-5-16)19-3-2-17(14-18(19)22)27-9-6-20(28)23-21(27)29/h2-3,6,9,14,16H,4-5,7-8,10-13,15H2,1H3,(H,23,28,29). The summed E-state index contributed by atoms with van der Waals surface area (Å²) in [7, 11) is 2.17. The van der Waals surface area contributed by atoms with Crippen LogP contribution >= 0.6 is 0 Å². The smallest absolute Gasteiger partial charge is 0.332 e. The molecule has 0 spiro atoms. The molecular formula is C21H28FN5O2. The van der Waals surface area contributed by atoms with Gasteiger partial charge in [0.25, 0.3) is 5.56 Å². The number of rotatable bonds is 4. The molecule has 2 fully saturated rings. The van der Waals surface area contributed by atoms with Crippen LogP contribution in [0.3, 0.4) is 0 Å². The third kappa shape index (κ3) is 4.59. The van der Waals surface area contributed by atoms with E-state index in [2.05, 4.69) is 26.7 Å². The molecule has 2 aliphatic rings. The van der Waals surface area contributed by atoms with Gasteiger partial charge in [-0.2, -0.15) is 0 Å². The van der Waals surface area contributed by atoms with E-state index in [0.717, 1.165) is 58.7 Å². The number of aromatic amines is 1. The summed E-state index contributed by atoms with van der Waals surface area (Å²) in [5.74, 6) is 0.315. The number of anilines is 1. The first-order valence-corrected chi connectivity index (χ1v) is 10.3. The van der Waals surface area contributed by atoms with Crippen molar-refractivity contribution in [1.82, 2.24) is 19.4 Å². The summed E-state index contributed by atoms with van der Waals surface area (Å²) < 4.78 is 16.0. The fourth-order valence-corrected chi connectivity index (χ4v) is 4.27. The zero-order valence-corrected chi connectivity index (χ0v) is 16.8. The highest BCUT2D eigenvalue weighted by Crippen LogP contribution is 2.27. The topological polar surface area (TPSA) is 64.6 Å². The van der Waals surface area contributed by atoms with Crippen LogP contribution in [-0.4, -0.2) is 72.2 Å². The van der Waals surface area contributed by atoms with Gasteiger partial charge in [0.15, 0.2) is 0 Å². The Kier molecular flexibility index (Phi) is 5.82. The van der Waals surface area contributed by atoms with E-state index < -0.39 is 11.2 Å². The lowest BCUT2D eigenvalue weighted by molar-refractivity contribution is 0.129. The summed E-state index contributed by atoms with van der Waals surface area (Å²) in [6.45, 7) is 7.36. The van der Waals surface area contributed by atoms with Crippen molar-refractivity contribution in [3.8, 4) is 5.69 Å². The van der Waals surface area contributed by atoms with E-state index >= 15 is 0 Å². The van der Waals surface area contributed by atoms with Crippen molar-refractivity contribution in [3.63, 3.8) is 0 Å². The van der Waals surface area contributed by atoms with E-state index in [1.807, 2.05) is 0 Å². The molecule has 2 saturated heterocycles. The highest BCUT2D eigenvalue weighted by Gasteiger charge is 2.24. The minimum absolute atomic E-state index is 0.349. The quantitative estimate of drug-likeness (QED) is 0.832. The average molecular weight is 401 g/mol. The summed E-state index contributed by atoms with van der Waals surface area (Å²) in [5, 5.41) is 0. The van der Waals surface area contributed by atoms with Gasteiger partial charge < -0.3 is 14.7 Å². The van der Waals surface area contributed by atoms with Crippen LogP contribution in [0.4, 0.5) is 10.1 Å². The monoisotopic (exact) mass is 401 g/mol. The van der Waals surface area contributed by atoms with Crippen molar-refractivity contribution in [1.29, 1.82) is 0 Å². The maximum absolute atomic E-state index is 14.8. The Morgan fingerprint density at radius 2 is 1.76 bits per heavy atom. The number of H-pyrrole nitrogens is 1. The Morgan fingerprint density at radius 1 is 1.03 bits per heavy atom. The number of halogens is 1. The van der Waals surface area contributed by atoms with Crippen molar-refractivity contribution < 1.29 is 4.39 Å². The molecule has 2 aromatic rings. The second kappa shape index (κ2) is 8.51. The third-order valence-electron chi connectivity index (χ3n) is 6.10. The molecule has 2 aliphatic heterocycles. The van der Waals surface area contributed by atoms with Crippen LogP contribution in [0.5, 0.6) is 0 Å². The fourth-order valence-electron chi connectivity index (χ4n) is 4.27. The third-order valence-corrected chi connectivity index (χ3v) is 6.10. The van der Waals surface area contributed by atoms with Gasteiger partial charge in [0.1, 0.15) is 5.82 Å². The molecule has 7 nitrogen and oxygen atoms in total. The number of benzene rings is 1. The molecule has 0 amide bonds. The molecule has 4 rings (SSSR count). The largest absolute Gasteiger partial charge is 0.369 e. The maximum Gasteiger partial charge on any atom is 0.332 e. The van der Waals surface area contributed by atoms with Gasteiger partial charge in [0.2, 0.25) is 0 Å². The van der Waals surface area contributed by atoms with Gasteiger partial charge in [0, 0.05) is 64.1 Å². The molecule has 156 valence electrons. The number of nitrogens with zero attached hydrogens (tertiary/aromatic N) is 4. The van der Waals surface area contributed by atoms with Crippen molar-refractivity contribution in [3.05, 3.63) is 57.1 Å². The molecule has 0 unspecified atom stereocenters. The predicted octanol–water partition coefficient (Wildman–Crippen LogP) is 1.13. The Labute approximate surface area is 169 Å². The minimum atomic E-state index is -0.575. The van der Waals surface area contributed by atoms with E-state index in [4.69, 9.17) is 0 Å². The van der Waals surface area contributed by atoms with Crippen LogP contribution in [0, 0.1) is 11.7 Å². The van der Waals surface area contributed by atoms with Gasteiger partial charge >= 0.3 is 5.69 Å². The predicted molar refractivity (Wildman–Crippen MR) is 111 cm³/mol. The number of likely N-dealkylation sites (N-methyl/N-ethyl adjacent to an activating group) is 1. The normalized spacial score (nSPS) is 19.6. The Morgan fingerprint density at radius 3 is 2.41 bits per heavy atom. The van der Waals surface area contributed by atoms with E-state index in [-0.39, 0.29) is 5.82 Å². The van der Waals surface area contributed by atoms with Crippen molar-refractivity contribution in [2.45, 2.75) is 12.8 Å². The van der Waals surface area contributed by atoms with Gasteiger partial charge in [-0.15, -0.1) is 0 Å². The van der Waals surface area contributed by atoms with Crippen LogP contribution in [0.1, 0.15) is 12.8 Å². The summed E-state index contributed by atoms with van der Waals surface area (Å²) in [6, 6.07) is 6.04. The lowest BCUT2D eigenvalue weighted by Gasteiger charge is -2.38. The van der Waals surface area contributed by atoms with E-state index in [1.165, 1.54) is 22.9 Å². The molecule has 0 saturated carbocycles. The van der Waals surface area contributed by atoms with Crippen molar-refractivity contribution >= 4 is 5.69 Å². The molecular weight excluding hydrogens is 373 g/mol. The molecule has 3 heterocycles. The first-order chi connectivity index (χ1) is 14.0. The summed E-state index contributed by atoms with van der Waals surface area (Å²) in [4.78, 5) is 32.3. The van der Waals surface area contributed by atoms with Crippen molar-refractivity contribution in [2.24, 2.45) is 5.92 Å². The molecule has 1 aromatic heterocycles. The lowest BCUT2D eigenvalue weighted by Crippen LogP contribution is -2.47. The Bertz CT molecular complexity index is 956. The highest BCUT2D eigenvalue weighted by atomic mass is 19.1. The van der Waals surface area contributed by atoms with Crippen LogP contribution in [-0.2, 0) is 0 Å². The molecule has 1 aromatic carbocycles. The molecule has 0 aliphatic carbocycles. The SMILES string of the molecule is CN1CCN(CC2CCN(c3ccc(-n4ccc(=O)[nH]c4=O)cc3F)CC2)CC1. The maximum atomic E-state index is 14.8. The van der Waals surface area contributed by atoms with Crippen LogP contribution in [0.25, 0.3) is 5.69 Å². The summed E-state index contributed by atoms with van der Waals surface area (Å²) in [6.07, 6.45) is 3.49. The summed E-state index contributed by atoms with van der Waals surface area (Å²) in [5.41, 5.74) is -0.0705. The zero-order chi connectivity index (χ0) is 20.4. The number of hydrogen-bond donors (Lipinski definition) is 1. The van der Waals surface area contributed by atoms with Gasteiger partial charge in [-0.3, -0.25) is 14.3 Å².